The minimum Gasteiger partial charge on any atom is -0.490 e. The molecule has 0 unspecified atom stereocenters. The van der Waals surface area contributed by atoms with E-state index in [1.807, 2.05) is 85.1 Å². The van der Waals surface area contributed by atoms with Crippen molar-refractivity contribution < 1.29 is 28.5 Å². The molecule has 3 aromatic carbocycles. The van der Waals surface area contributed by atoms with Gasteiger partial charge in [-0.1, -0.05) is 65.9 Å². The highest BCUT2D eigenvalue weighted by Crippen LogP contribution is 2.37. The lowest BCUT2D eigenvalue weighted by molar-refractivity contribution is -0.138. The summed E-state index contributed by atoms with van der Waals surface area (Å²) in [6.45, 7) is 6.59. The van der Waals surface area contributed by atoms with Gasteiger partial charge in [0.05, 0.1) is 41.2 Å². The first-order valence-corrected chi connectivity index (χ1v) is 17.6. The second-order valence-corrected chi connectivity index (χ2v) is 12.8. The number of carbonyl (C=O) groups excluding carboxylic acids is 2. The number of fused-ring (bicyclic) bond motifs is 1. The molecule has 1 atom stereocenters. The molecule has 1 aliphatic heterocycles. The normalized spacial score (nSPS) is 14.2. The van der Waals surface area contributed by atoms with Gasteiger partial charge in [-0.2, -0.15) is 0 Å². The molecule has 2 aromatic heterocycles. The van der Waals surface area contributed by atoms with E-state index in [9.17, 15) is 14.4 Å². The Bertz CT molecular complexity index is 2170. The molecule has 0 aliphatic carbocycles. The molecule has 0 spiro atoms. The Kier molecular flexibility index (Phi) is 10.5. The Morgan fingerprint density at radius 3 is 2.29 bits per heavy atom. The number of benzene rings is 3. The summed E-state index contributed by atoms with van der Waals surface area (Å²) in [6, 6.07) is 25.2. The van der Waals surface area contributed by atoms with Gasteiger partial charge in [-0.05, 0) is 73.7 Å². The standard InChI is InChI=1S/C38H34N2O7S2/c1-4-44-29-21-25(16-19-28(29)47-23-24-14-17-27(18-15-24)36(42)45-5-2)22-31-35(41)40-34(30-13-10-20-48-30)32(37(43)46-6-3)33(39-38(40)49-31)26-11-8-7-9-12-26/h7-22,34H,4-6,23H2,1-3H3/b31-22-/t34-/m1/s1. The summed E-state index contributed by atoms with van der Waals surface area (Å²) < 4.78 is 24.7. The highest BCUT2D eigenvalue weighted by atomic mass is 32.1. The summed E-state index contributed by atoms with van der Waals surface area (Å²) in [5.74, 6) is 0.193. The van der Waals surface area contributed by atoms with Crippen LogP contribution in [0, 0.1) is 0 Å². The van der Waals surface area contributed by atoms with E-state index in [-0.39, 0.29) is 24.7 Å². The highest BCUT2D eigenvalue weighted by molar-refractivity contribution is 7.10. The predicted molar refractivity (Wildman–Crippen MR) is 190 cm³/mol. The number of hydrogen-bond acceptors (Lipinski definition) is 10. The summed E-state index contributed by atoms with van der Waals surface area (Å²) >= 11 is 2.73. The maximum absolute atomic E-state index is 14.2. The number of esters is 2. The fourth-order valence-corrected chi connectivity index (χ4v) is 7.25. The van der Waals surface area contributed by atoms with E-state index < -0.39 is 12.0 Å². The van der Waals surface area contributed by atoms with Crippen LogP contribution < -0.4 is 24.4 Å². The molecule has 0 saturated carbocycles. The monoisotopic (exact) mass is 694 g/mol. The molecule has 6 rings (SSSR count). The Balaban J connectivity index is 1.37. The molecule has 0 amide bonds. The Morgan fingerprint density at radius 2 is 1.59 bits per heavy atom. The van der Waals surface area contributed by atoms with Crippen molar-refractivity contribution in [2.24, 2.45) is 4.99 Å². The van der Waals surface area contributed by atoms with Gasteiger partial charge in [0.1, 0.15) is 12.6 Å². The summed E-state index contributed by atoms with van der Waals surface area (Å²) in [6.07, 6.45) is 1.80. The molecule has 49 heavy (non-hydrogen) atoms. The maximum Gasteiger partial charge on any atom is 0.338 e. The van der Waals surface area contributed by atoms with Crippen LogP contribution in [-0.4, -0.2) is 36.3 Å². The number of ether oxygens (including phenoxy) is 4. The van der Waals surface area contributed by atoms with E-state index in [2.05, 4.69) is 0 Å². The largest absolute Gasteiger partial charge is 0.490 e. The van der Waals surface area contributed by atoms with Gasteiger partial charge in [0, 0.05) is 10.4 Å². The number of aromatic nitrogens is 1. The SMILES string of the molecule is CCOC(=O)C1=C(c2ccccc2)N=c2s/c(=C\c3ccc(OCc4ccc(C(=O)OCC)cc4)c(OCC)c3)c(=O)n2[C@@H]1c1cccs1. The molecule has 0 saturated heterocycles. The molecule has 250 valence electrons. The molecule has 0 bridgehead atoms. The quantitative estimate of drug-likeness (QED) is 0.144. The van der Waals surface area contributed by atoms with E-state index in [0.717, 1.165) is 21.6 Å². The fourth-order valence-electron chi connectivity index (χ4n) is 5.42. The maximum atomic E-state index is 14.2. The van der Waals surface area contributed by atoms with Crippen molar-refractivity contribution in [2.45, 2.75) is 33.4 Å². The number of nitrogens with zero attached hydrogens (tertiary/aromatic N) is 2. The second kappa shape index (κ2) is 15.3. The number of thiophene rings is 1. The van der Waals surface area contributed by atoms with Gasteiger partial charge in [0.2, 0.25) is 0 Å². The third kappa shape index (κ3) is 7.28. The summed E-state index contributed by atoms with van der Waals surface area (Å²) in [7, 11) is 0. The van der Waals surface area contributed by atoms with Gasteiger partial charge in [-0.25, -0.2) is 14.6 Å². The second-order valence-electron chi connectivity index (χ2n) is 10.8. The van der Waals surface area contributed by atoms with Crippen molar-refractivity contribution in [3.63, 3.8) is 0 Å². The van der Waals surface area contributed by atoms with Gasteiger partial charge in [0.15, 0.2) is 16.3 Å². The Labute approximate surface area is 291 Å². The van der Waals surface area contributed by atoms with Crippen molar-refractivity contribution in [1.29, 1.82) is 0 Å². The van der Waals surface area contributed by atoms with E-state index >= 15 is 0 Å². The molecule has 9 nitrogen and oxygen atoms in total. The van der Waals surface area contributed by atoms with Crippen molar-refractivity contribution in [3.8, 4) is 11.5 Å². The van der Waals surface area contributed by atoms with Gasteiger partial charge < -0.3 is 18.9 Å². The molecular formula is C38H34N2O7S2. The first-order chi connectivity index (χ1) is 23.9. The fraction of sp³-hybridized carbons (Fsp3) is 0.211. The number of thiazole rings is 1. The van der Waals surface area contributed by atoms with Crippen molar-refractivity contribution >= 4 is 46.4 Å². The van der Waals surface area contributed by atoms with Crippen LogP contribution in [0.4, 0.5) is 0 Å². The average Bonchev–Trinajstić information content (AvgIpc) is 3.76. The van der Waals surface area contributed by atoms with Crippen LogP contribution in [0.25, 0.3) is 11.8 Å². The lowest BCUT2D eigenvalue weighted by atomic mass is 9.97. The van der Waals surface area contributed by atoms with Crippen molar-refractivity contribution in [1.82, 2.24) is 4.57 Å². The number of rotatable bonds is 12. The zero-order chi connectivity index (χ0) is 34.3. The van der Waals surface area contributed by atoms with Crippen LogP contribution in [0.1, 0.15) is 58.7 Å². The van der Waals surface area contributed by atoms with Gasteiger partial charge in [-0.15, -0.1) is 11.3 Å². The lowest BCUT2D eigenvalue weighted by Gasteiger charge is -2.24. The van der Waals surface area contributed by atoms with Gasteiger partial charge >= 0.3 is 11.9 Å². The van der Waals surface area contributed by atoms with Crippen LogP contribution in [0.15, 0.2) is 106 Å². The molecule has 11 heteroatoms. The van der Waals surface area contributed by atoms with Crippen molar-refractivity contribution in [2.75, 3.05) is 19.8 Å². The van der Waals surface area contributed by atoms with E-state index in [1.54, 1.807) is 36.6 Å². The molecule has 3 heterocycles. The Morgan fingerprint density at radius 1 is 0.837 bits per heavy atom. The average molecular weight is 695 g/mol. The van der Waals surface area contributed by atoms with Gasteiger partial charge in [0.25, 0.3) is 5.56 Å². The smallest absolute Gasteiger partial charge is 0.338 e. The summed E-state index contributed by atoms with van der Waals surface area (Å²) in [5, 5.41) is 1.92. The van der Waals surface area contributed by atoms with Crippen LogP contribution in [-0.2, 0) is 20.9 Å². The van der Waals surface area contributed by atoms with Gasteiger partial charge in [-0.3, -0.25) is 9.36 Å². The topological polar surface area (TPSA) is 105 Å². The summed E-state index contributed by atoms with van der Waals surface area (Å²) in [5.41, 5.74) is 3.40. The molecule has 0 N–H and O–H groups in total. The lowest BCUT2D eigenvalue weighted by Crippen LogP contribution is -2.39. The molecule has 0 fully saturated rings. The van der Waals surface area contributed by atoms with E-state index in [1.165, 1.54) is 22.7 Å². The Hall–Kier alpha value is -5.26. The molecule has 1 aliphatic rings. The first-order valence-electron chi connectivity index (χ1n) is 15.9. The van der Waals surface area contributed by atoms with Crippen LogP contribution in [0.5, 0.6) is 11.5 Å². The predicted octanol–water partition coefficient (Wildman–Crippen LogP) is 6.15. The summed E-state index contributed by atoms with van der Waals surface area (Å²) in [4.78, 5) is 45.9. The molecular weight excluding hydrogens is 661 g/mol. The molecule has 5 aromatic rings. The number of carbonyl (C=O) groups is 2. The highest BCUT2D eigenvalue weighted by Gasteiger charge is 2.35. The van der Waals surface area contributed by atoms with E-state index in [4.69, 9.17) is 23.9 Å². The zero-order valence-electron chi connectivity index (χ0n) is 27.2. The third-order valence-electron chi connectivity index (χ3n) is 7.61. The van der Waals surface area contributed by atoms with Crippen LogP contribution in [0.2, 0.25) is 0 Å². The van der Waals surface area contributed by atoms with Crippen LogP contribution >= 0.6 is 22.7 Å². The minimum atomic E-state index is -0.700. The zero-order valence-corrected chi connectivity index (χ0v) is 28.8. The van der Waals surface area contributed by atoms with Crippen molar-refractivity contribution in [3.05, 3.63) is 143 Å². The molecule has 0 radical (unpaired) electrons. The van der Waals surface area contributed by atoms with Crippen LogP contribution in [0.3, 0.4) is 0 Å². The minimum absolute atomic E-state index is 0.190. The number of hydrogen-bond donors (Lipinski definition) is 0. The van der Waals surface area contributed by atoms with E-state index in [0.29, 0.717) is 50.9 Å². The first kappa shape index (κ1) is 33.6. The third-order valence-corrected chi connectivity index (χ3v) is 9.52.